The first kappa shape index (κ1) is 21.0. The topological polar surface area (TPSA) is 84.9 Å². The van der Waals surface area contributed by atoms with Gasteiger partial charge in [0.25, 0.3) is 0 Å². The van der Waals surface area contributed by atoms with Crippen molar-refractivity contribution < 1.29 is 22.7 Å². The van der Waals surface area contributed by atoms with E-state index in [0.29, 0.717) is 32.1 Å². The third-order valence-corrected chi connectivity index (χ3v) is 5.95. The summed E-state index contributed by atoms with van der Waals surface area (Å²) in [5.41, 5.74) is 1.03. The minimum atomic E-state index is -3.70. The molecule has 29 heavy (non-hydrogen) atoms. The second-order valence-corrected chi connectivity index (χ2v) is 8.35. The van der Waals surface area contributed by atoms with Gasteiger partial charge in [0.15, 0.2) is 0 Å². The van der Waals surface area contributed by atoms with Crippen LogP contribution in [0.15, 0.2) is 72.1 Å². The monoisotopic (exact) mass is 416 g/mol. The Morgan fingerprint density at radius 3 is 2.62 bits per heavy atom. The van der Waals surface area contributed by atoms with E-state index in [1.807, 2.05) is 30.3 Å². The molecule has 0 radical (unpaired) electrons. The normalized spacial score (nSPS) is 17.0. The number of rotatable bonds is 8. The molecule has 1 N–H and O–H groups in total. The maximum atomic E-state index is 12.5. The zero-order chi connectivity index (χ0) is 20.7. The van der Waals surface area contributed by atoms with Crippen LogP contribution in [-0.2, 0) is 26.2 Å². The molecule has 2 aromatic carbocycles. The van der Waals surface area contributed by atoms with E-state index < -0.39 is 16.1 Å². The first-order valence-corrected chi connectivity index (χ1v) is 10.8. The van der Waals surface area contributed by atoms with E-state index in [-0.39, 0.29) is 17.3 Å². The van der Waals surface area contributed by atoms with Crippen molar-refractivity contribution in [1.29, 1.82) is 0 Å². The van der Waals surface area contributed by atoms with Gasteiger partial charge in [-0.05, 0) is 35.9 Å². The van der Waals surface area contributed by atoms with E-state index in [2.05, 4.69) is 11.3 Å². The number of nitrogens with one attached hydrogen (secondary N) is 1. The molecular weight excluding hydrogens is 392 g/mol. The second-order valence-electron chi connectivity index (χ2n) is 6.58. The zero-order valence-electron chi connectivity index (χ0n) is 16.0. The van der Waals surface area contributed by atoms with Crippen molar-refractivity contribution in [1.82, 2.24) is 9.62 Å². The number of morpholine rings is 1. The molecule has 1 aliphatic rings. The van der Waals surface area contributed by atoms with Crippen molar-refractivity contribution in [3.8, 4) is 5.75 Å². The van der Waals surface area contributed by atoms with Gasteiger partial charge < -0.3 is 14.4 Å². The molecule has 1 amide bonds. The Hall–Kier alpha value is -2.68. The van der Waals surface area contributed by atoms with Crippen molar-refractivity contribution in [2.24, 2.45) is 0 Å². The summed E-state index contributed by atoms with van der Waals surface area (Å²) in [7, 11) is -3.70. The highest BCUT2D eigenvalue weighted by Gasteiger charge is 2.24. The number of hydrogen-bond donors (Lipinski definition) is 1. The minimum Gasteiger partial charge on any atom is -0.489 e. The van der Waals surface area contributed by atoms with Crippen LogP contribution in [0.1, 0.15) is 5.56 Å². The van der Waals surface area contributed by atoms with Crippen LogP contribution >= 0.6 is 0 Å². The van der Waals surface area contributed by atoms with Crippen LogP contribution in [-0.4, -0.2) is 51.6 Å². The summed E-state index contributed by atoms with van der Waals surface area (Å²) in [4.78, 5) is 13.4. The summed E-state index contributed by atoms with van der Waals surface area (Å²) < 4.78 is 38.8. The van der Waals surface area contributed by atoms with Crippen molar-refractivity contribution >= 4 is 15.9 Å². The lowest BCUT2D eigenvalue weighted by molar-refractivity contribution is -0.133. The number of amides is 1. The van der Waals surface area contributed by atoms with Crippen LogP contribution in [0.5, 0.6) is 5.75 Å². The third-order valence-electron chi connectivity index (χ3n) is 4.51. The van der Waals surface area contributed by atoms with E-state index in [4.69, 9.17) is 9.47 Å². The minimum absolute atomic E-state index is 0.0789. The predicted molar refractivity (Wildman–Crippen MR) is 109 cm³/mol. The molecule has 8 heteroatoms. The van der Waals surface area contributed by atoms with Gasteiger partial charge in [-0.3, -0.25) is 4.79 Å². The summed E-state index contributed by atoms with van der Waals surface area (Å²) in [5, 5.41) is 0. The number of nitrogens with zero attached hydrogens (tertiary/aromatic N) is 1. The largest absolute Gasteiger partial charge is 0.489 e. The molecule has 154 valence electrons. The highest BCUT2D eigenvalue weighted by atomic mass is 32.2. The molecule has 0 bridgehead atoms. The quantitative estimate of drug-likeness (QED) is 0.665. The van der Waals surface area contributed by atoms with E-state index >= 15 is 0 Å². The van der Waals surface area contributed by atoms with Crippen LogP contribution in [0.4, 0.5) is 0 Å². The van der Waals surface area contributed by atoms with Crippen LogP contribution in [0.3, 0.4) is 0 Å². The Morgan fingerprint density at radius 1 is 1.21 bits per heavy atom. The van der Waals surface area contributed by atoms with Gasteiger partial charge >= 0.3 is 0 Å². The predicted octanol–water partition coefficient (Wildman–Crippen LogP) is 1.96. The Morgan fingerprint density at radius 2 is 1.93 bits per heavy atom. The average molecular weight is 416 g/mol. The lowest BCUT2D eigenvalue weighted by atomic mass is 10.2. The molecule has 0 spiro atoms. The maximum absolute atomic E-state index is 12.5. The first-order chi connectivity index (χ1) is 14.0. The van der Waals surface area contributed by atoms with Crippen molar-refractivity contribution in [2.45, 2.75) is 17.6 Å². The highest BCUT2D eigenvalue weighted by molar-refractivity contribution is 7.89. The van der Waals surface area contributed by atoms with Crippen LogP contribution in [0, 0.1) is 0 Å². The fraction of sp³-hybridized carbons (Fsp3) is 0.286. The lowest BCUT2D eigenvalue weighted by Crippen LogP contribution is -2.49. The smallest absolute Gasteiger partial charge is 0.246 e. The Labute approximate surface area is 171 Å². The molecular formula is C21H24N2O5S. The number of benzene rings is 2. The third kappa shape index (κ3) is 5.90. The van der Waals surface area contributed by atoms with Gasteiger partial charge in [0.05, 0.1) is 17.6 Å². The lowest BCUT2D eigenvalue weighted by Gasteiger charge is -2.32. The molecule has 0 aliphatic carbocycles. The Balaban J connectivity index is 1.54. The summed E-state index contributed by atoms with van der Waals surface area (Å²) in [6, 6.07) is 16.0. The Kier molecular flexibility index (Phi) is 7.03. The number of sulfonamides is 1. The summed E-state index contributed by atoms with van der Waals surface area (Å²) in [5.74, 6) is 0.397. The van der Waals surface area contributed by atoms with Crippen LogP contribution < -0.4 is 9.46 Å². The molecule has 1 atom stereocenters. The van der Waals surface area contributed by atoms with E-state index in [0.717, 1.165) is 5.56 Å². The van der Waals surface area contributed by atoms with Gasteiger partial charge in [-0.1, -0.05) is 36.9 Å². The van der Waals surface area contributed by atoms with Crippen molar-refractivity contribution in [3.05, 3.63) is 72.8 Å². The molecule has 0 saturated carbocycles. The van der Waals surface area contributed by atoms with Gasteiger partial charge in [0, 0.05) is 19.6 Å². The van der Waals surface area contributed by atoms with Gasteiger partial charge in [-0.25, -0.2) is 13.1 Å². The molecule has 1 fully saturated rings. The number of carbonyl (C=O) groups is 1. The summed E-state index contributed by atoms with van der Waals surface area (Å²) in [6.07, 6.45) is 0.837. The SMILES string of the molecule is C=CC(=O)N1CCOC(CNS(=O)(=O)c2ccc(OCc3ccccc3)cc2)C1. The van der Waals surface area contributed by atoms with Gasteiger partial charge in [-0.15, -0.1) is 0 Å². The average Bonchev–Trinajstić information content (AvgIpc) is 2.77. The molecule has 7 nitrogen and oxygen atoms in total. The number of carbonyl (C=O) groups excluding carboxylic acids is 1. The molecule has 1 unspecified atom stereocenters. The maximum Gasteiger partial charge on any atom is 0.246 e. The van der Waals surface area contributed by atoms with Gasteiger partial charge in [0.1, 0.15) is 12.4 Å². The second kappa shape index (κ2) is 9.69. The Bertz CT molecular complexity index is 929. The van der Waals surface area contributed by atoms with Crippen LogP contribution in [0.25, 0.3) is 0 Å². The fourth-order valence-corrected chi connectivity index (χ4v) is 3.98. The summed E-state index contributed by atoms with van der Waals surface area (Å²) >= 11 is 0. The molecule has 1 heterocycles. The van der Waals surface area contributed by atoms with Crippen LogP contribution in [0.2, 0.25) is 0 Å². The first-order valence-electron chi connectivity index (χ1n) is 9.27. The van der Waals surface area contributed by atoms with E-state index in [1.54, 1.807) is 17.0 Å². The summed E-state index contributed by atoms with van der Waals surface area (Å²) in [6.45, 7) is 5.11. The highest BCUT2D eigenvalue weighted by Crippen LogP contribution is 2.17. The zero-order valence-corrected chi connectivity index (χ0v) is 16.8. The van der Waals surface area contributed by atoms with Gasteiger partial charge in [0.2, 0.25) is 15.9 Å². The molecule has 1 aliphatic heterocycles. The fourth-order valence-electron chi connectivity index (χ4n) is 2.91. The van der Waals surface area contributed by atoms with Crippen molar-refractivity contribution in [3.63, 3.8) is 0 Å². The number of hydrogen-bond acceptors (Lipinski definition) is 5. The van der Waals surface area contributed by atoms with E-state index in [9.17, 15) is 13.2 Å². The molecule has 0 aromatic heterocycles. The van der Waals surface area contributed by atoms with Crippen molar-refractivity contribution in [2.75, 3.05) is 26.2 Å². The number of ether oxygens (including phenoxy) is 2. The molecule has 1 saturated heterocycles. The standard InChI is InChI=1S/C21H24N2O5S/c1-2-21(24)23-12-13-27-19(15-23)14-22-29(25,26)20-10-8-18(9-11-20)28-16-17-6-4-3-5-7-17/h2-11,19,22H,1,12-16H2. The van der Waals surface area contributed by atoms with E-state index in [1.165, 1.54) is 18.2 Å². The molecule has 2 aromatic rings. The van der Waals surface area contributed by atoms with Gasteiger partial charge in [-0.2, -0.15) is 0 Å². The molecule has 3 rings (SSSR count).